The Balaban J connectivity index is 1.67. The summed E-state index contributed by atoms with van der Waals surface area (Å²) < 4.78 is 4.35. The molecule has 2 aromatic heterocycles. The second kappa shape index (κ2) is 5.35. The third kappa shape index (κ3) is 2.46. The van der Waals surface area contributed by atoms with Crippen molar-refractivity contribution < 1.29 is 0 Å². The summed E-state index contributed by atoms with van der Waals surface area (Å²) in [7, 11) is 0. The first-order valence-corrected chi connectivity index (χ1v) is 6.62. The maximum Gasteiger partial charge on any atom is 0.0949 e. The predicted molar refractivity (Wildman–Crippen MR) is 69.0 cm³/mol. The summed E-state index contributed by atoms with van der Waals surface area (Å²) in [6.45, 7) is 3.01. The van der Waals surface area contributed by atoms with Gasteiger partial charge in [-0.15, -0.1) is 0 Å². The van der Waals surface area contributed by atoms with Crippen LogP contribution in [0.3, 0.4) is 0 Å². The van der Waals surface area contributed by atoms with Crippen molar-refractivity contribution in [3.05, 3.63) is 36.9 Å². The maximum absolute atomic E-state index is 4.30. The number of nitrogens with zero attached hydrogens (tertiary/aromatic N) is 4. The third-order valence-electron chi connectivity index (χ3n) is 3.57. The number of aryl methyl sites for hydroxylation is 2. The van der Waals surface area contributed by atoms with E-state index in [-0.39, 0.29) is 0 Å². The van der Waals surface area contributed by atoms with Gasteiger partial charge in [-0.05, 0) is 19.4 Å². The molecule has 1 atom stereocenters. The lowest BCUT2D eigenvalue weighted by Crippen LogP contribution is -2.28. The molecule has 0 radical (unpaired) electrons. The second-order valence-electron chi connectivity index (χ2n) is 4.81. The summed E-state index contributed by atoms with van der Waals surface area (Å²) in [6, 6.07) is 0.476. The lowest BCUT2D eigenvalue weighted by atomic mass is 10.0. The molecule has 3 rings (SSSR count). The summed E-state index contributed by atoms with van der Waals surface area (Å²) in [4.78, 5) is 8.36. The average Bonchev–Trinajstić information content (AvgIpc) is 3.09. The molecule has 2 aromatic rings. The van der Waals surface area contributed by atoms with Crippen molar-refractivity contribution >= 4 is 0 Å². The van der Waals surface area contributed by atoms with Gasteiger partial charge in [0.05, 0.1) is 18.3 Å². The standard InChI is InChI=1S/C13H19N5/c1-2-4-16-12(3-1)13-9-15-11-18(13)8-7-17-6-5-14-10-17/h5-6,9-12,16H,1-4,7-8H2. The number of hydrogen-bond donors (Lipinski definition) is 1. The lowest BCUT2D eigenvalue weighted by molar-refractivity contribution is 0.390. The van der Waals surface area contributed by atoms with Gasteiger partial charge in [-0.3, -0.25) is 0 Å². The first kappa shape index (κ1) is 11.5. The highest BCUT2D eigenvalue weighted by molar-refractivity contribution is 5.06. The topological polar surface area (TPSA) is 47.7 Å². The molecule has 5 heteroatoms. The number of rotatable bonds is 4. The molecule has 0 amide bonds. The van der Waals surface area contributed by atoms with Gasteiger partial charge in [0.15, 0.2) is 0 Å². The zero-order valence-electron chi connectivity index (χ0n) is 10.5. The third-order valence-corrected chi connectivity index (χ3v) is 3.57. The van der Waals surface area contributed by atoms with E-state index in [1.165, 1.54) is 25.0 Å². The van der Waals surface area contributed by atoms with E-state index < -0.39 is 0 Å². The number of hydrogen-bond acceptors (Lipinski definition) is 3. The highest BCUT2D eigenvalue weighted by Crippen LogP contribution is 2.22. The molecule has 3 heterocycles. The van der Waals surface area contributed by atoms with Crippen molar-refractivity contribution in [3.8, 4) is 0 Å². The molecule has 0 saturated carbocycles. The highest BCUT2D eigenvalue weighted by atomic mass is 15.1. The van der Waals surface area contributed by atoms with Crippen molar-refractivity contribution in [1.29, 1.82) is 0 Å². The van der Waals surface area contributed by atoms with Gasteiger partial charge in [-0.2, -0.15) is 0 Å². The molecule has 1 aliphatic heterocycles. The molecule has 96 valence electrons. The summed E-state index contributed by atoms with van der Waals surface area (Å²) >= 11 is 0. The predicted octanol–water partition coefficient (Wildman–Crippen LogP) is 1.59. The van der Waals surface area contributed by atoms with E-state index in [2.05, 4.69) is 24.4 Å². The number of piperidine rings is 1. The summed E-state index contributed by atoms with van der Waals surface area (Å²) in [5.41, 5.74) is 1.31. The van der Waals surface area contributed by atoms with E-state index in [4.69, 9.17) is 0 Å². The largest absolute Gasteiger partial charge is 0.336 e. The molecular weight excluding hydrogens is 226 g/mol. The normalized spacial score (nSPS) is 20.1. The molecule has 1 N–H and O–H groups in total. The van der Waals surface area contributed by atoms with Crippen LogP contribution in [0, 0.1) is 0 Å². The van der Waals surface area contributed by atoms with E-state index in [9.17, 15) is 0 Å². The number of imidazole rings is 2. The molecule has 0 aliphatic carbocycles. The van der Waals surface area contributed by atoms with E-state index >= 15 is 0 Å². The quantitative estimate of drug-likeness (QED) is 0.890. The van der Waals surface area contributed by atoms with Crippen LogP contribution in [0.25, 0.3) is 0 Å². The monoisotopic (exact) mass is 245 g/mol. The Hall–Kier alpha value is -1.62. The first-order chi connectivity index (χ1) is 8.93. The van der Waals surface area contributed by atoms with Crippen LogP contribution in [0.2, 0.25) is 0 Å². The molecule has 1 fully saturated rings. The van der Waals surface area contributed by atoms with Crippen molar-refractivity contribution in [2.45, 2.75) is 38.4 Å². The Morgan fingerprint density at radius 2 is 2.22 bits per heavy atom. The molecule has 5 nitrogen and oxygen atoms in total. The van der Waals surface area contributed by atoms with Crippen molar-refractivity contribution in [2.24, 2.45) is 0 Å². The van der Waals surface area contributed by atoms with Crippen LogP contribution in [0.5, 0.6) is 0 Å². The first-order valence-electron chi connectivity index (χ1n) is 6.62. The van der Waals surface area contributed by atoms with E-state index in [1.54, 1.807) is 0 Å². The molecular formula is C13H19N5. The summed E-state index contributed by atoms with van der Waals surface area (Å²) in [5.74, 6) is 0. The Bertz CT molecular complexity index is 467. The molecule has 0 aromatic carbocycles. The fourth-order valence-corrected chi connectivity index (χ4v) is 2.55. The average molecular weight is 245 g/mol. The maximum atomic E-state index is 4.30. The van der Waals surface area contributed by atoms with Gasteiger partial charge >= 0.3 is 0 Å². The Morgan fingerprint density at radius 1 is 1.22 bits per heavy atom. The molecule has 1 unspecified atom stereocenters. The smallest absolute Gasteiger partial charge is 0.0949 e. The fraction of sp³-hybridized carbons (Fsp3) is 0.538. The Labute approximate surface area is 107 Å². The van der Waals surface area contributed by atoms with Gasteiger partial charge < -0.3 is 14.5 Å². The lowest BCUT2D eigenvalue weighted by Gasteiger charge is -2.24. The zero-order valence-corrected chi connectivity index (χ0v) is 10.5. The van der Waals surface area contributed by atoms with Crippen LogP contribution in [-0.2, 0) is 13.1 Å². The highest BCUT2D eigenvalue weighted by Gasteiger charge is 2.17. The fourth-order valence-electron chi connectivity index (χ4n) is 2.55. The molecule has 1 saturated heterocycles. The van der Waals surface area contributed by atoms with Crippen LogP contribution in [0.4, 0.5) is 0 Å². The molecule has 0 spiro atoms. The minimum Gasteiger partial charge on any atom is -0.336 e. The number of aromatic nitrogens is 4. The van der Waals surface area contributed by atoms with Gasteiger partial charge in [0.25, 0.3) is 0 Å². The Morgan fingerprint density at radius 3 is 3.00 bits per heavy atom. The summed E-state index contributed by atoms with van der Waals surface area (Å²) in [6.07, 6.45) is 13.4. The zero-order chi connectivity index (χ0) is 12.2. The second-order valence-corrected chi connectivity index (χ2v) is 4.81. The minimum absolute atomic E-state index is 0.476. The van der Waals surface area contributed by atoms with Crippen molar-refractivity contribution in [2.75, 3.05) is 6.54 Å². The molecule has 18 heavy (non-hydrogen) atoms. The summed E-state index contributed by atoms with van der Waals surface area (Å²) in [5, 5.41) is 3.58. The number of nitrogens with one attached hydrogen (secondary N) is 1. The van der Waals surface area contributed by atoms with Crippen LogP contribution in [-0.4, -0.2) is 25.6 Å². The van der Waals surface area contributed by atoms with Gasteiger partial charge in [-0.1, -0.05) is 6.42 Å². The van der Waals surface area contributed by atoms with Crippen LogP contribution < -0.4 is 5.32 Å². The van der Waals surface area contributed by atoms with E-state index in [0.717, 1.165) is 19.6 Å². The van der Waals surface area contributed by atoms with Crippen molar-refractivity contribution in [3.63, 3.8) is 0 Å². The minimum atomic E-state index is 0.476. The van der Waals surface area contributed by atoms with Crippen LogP contribution in [0.15, 0.2) is 31.2 Å². The van der Waals surface area contributed by atoms with Gasteiger partial charge in [0, 0.05) is 37.7 Å². The van der Waals surface area contributed by atoms with Gasteiger partial charge in [0.2, 0.25) is 0 Å². The van der Waals surface area contributed by atoms with Crippen molar-refractivity contribution in [1.82, 2.24) is 24.4 Å². The Kier molecular flexibility index (Phi) is 3.41. The van der Waals surface area contributed by atoms with Crippen LogP contribution in [0.1, 0.15) is 31.0 Å². The van der Waals surface area contributed by atoms with E-state index in [0.29, 0.717) is 6.04 Å². The van der Waals surface area contributed by atoms with Crippen LogP contribution >= 0.6 is 0 Å². The molecule has 1 aliphatic rings. The van der Waals surface area contributed by atoms with E-state index in [1.807, 2.05) is 31.2 Å². The van der Waals surface area contributed by atoms with Gasteiger partial charge in [-0.25, -0.2) is 9.97 Å². The van der Waals surface area contributed by atoms with Gasteiger partial charge in [0.1, 0.15) is 0 Å². The SMILES string of the molecule is c1cn(CCn2cncc2C2CCCCN2)cn1. The molecule has 0 bridgehead atoms.